The summed E-state index contributed by atoms with van der Waals surface area (Å²) >= 11 is 0. The van der Waals surface area contributed by atoms with E-state index in [0.29, 0.717) is 18.8 Å². The molecular formula is C22H19N4O+. The van der Waals surface area contributed by atoms with E-state index in [2.05, 4.69) is 50.7 Å². The van der Waals surface area contributed by atoms with Gasteiger partial charge in [-0.25, -0.2) is 0 Å². The minimum atomic E-state index is 0.661. The average Bonchev–Trinajstić information content (AvgIpc) is 3.13. The third kappa shape index (κ3) is 2.54. The number of hydrogen-bond donors (Lipinski definition) is 1. The number of morpholine rings is 1. The van der Waals surface area contributed by atoms with E-state index in [1.165, 1.54) is 0 Å². The Morgan fingerprint density at radius 3 is 2.52 bits per heavy atom. The summed E-state index contributed by atoms with van der Waals surface area (Å²) in [6, 6.07) is 22.9. The molecule has 5 heteroatoms. The predicted octanol–water partition coefficient (Wildman–Crippen LogP) is 3.28. The van der Waals surface area contributed by atoms with Crippen molar-refractivity contribution in [2.24, 2.45) is 0 Å². The molecule has 4 aromatic rings. The summed E-state index contributed by atoms with van der Waals surface area (Å²) in [6.07, 6.45) is 0. The van der Waals surface area contributed by atoms with Crippen LogP contribution in [0, 0.1) is 11.3 Å². The Morgan fingerprint density at radius 2 is 1.74 bits per heavy atom. The molecule has 5 rings (SSSR count). The number of fused-ring (bicyclic) bond motifs is 3. The van der Waals surface area contributed by atoms with E-state index in [1.54, 1.807) is 0 Å². The number of aromatic amines is 1. The predicted molar refractivity (Wildman–Crippen MR) is 105 cm³/mol. The summed E-state index contributed by atoms with van der Waals surface area (Å²) < 4.78 is 7.72. The summed E-state index contributed by atoms with van der Waals surface area (Å²) in [7, 11) is 0. The van der Waals surface area contributed by atoms with Gasteiger partial charge in [0, 0.05) is 11.6 Å². The summed E-state index contributed by atoms with van der Waals surface area (Å²) in [6.45, 7) is 3.10. The number of rotatable bonds is 2. The highest BCUT2D eigenvalue weighted by Gasteiger charge is 2.27. The van der Waals surface area contributed by atoms with Crippen LogP contribution >= 0.6 is 0 Å². The van der Waals surface area contributed by atoms with E-state index >= 15 is 0 Å². The van der Waals surface area contributed by atoms with Crippen LogP contribution in [-0.2, 0) is 4.74 Å². The Balaban J connectivity index is 1.89. The van der Waals surface area contributed by atoms with Gasteiger partial charge in [0.15, 0.2) is 0 Å². The van der Waals surface area contributed by atoms with E-state index in [4.69, 9.17) is 4.74 Å². The maximum Gasteiger partial charge on any atom is 0.250 e. The molecule has 2 aromatic carbocycles. The summed E-state index contributed by atoms with van der Waals surface area (Å²) in [5.74, 6) is 1.09. The molecule has 2 aromatic heterocycles. The highest BCUT2D eigenvalue weighted by molar-refractivity contribution is 5.83. The molecule has 1 N–H and O–H groups in total. The van der Waals surface area contributed by atoms with Gasteiger partial charge in [0.1, 0.15) is 22.7 Å². The molecular weight excluding hydrogens is 336 g/mol. The molecule has 0 radical (unpaired) electrons. The van der Waals surface area contributed by atoms with E-state index in [-0.39, 0.29) is 0 Å². The zero-order valence-corrected chi connectivity index (χ0v) is 14.9. The van der Waals surface area contributed by atoms with Crippen molar-refractivity contribution in [1.82, 2.24) is 4.98 Å². The largest absolute Gasteiger partial charge is 0.375 e. The van der Waals surface area contributed by atoms with Crippen LogP contribution in [0.2, 0.25) is 0 Å². The number of imidazole rings is 1. The zero-order chi connectivity index (χ0) is 18.2. The molecule has 0 unspecified atom stereocenters. The Bertz CT molecular complexity index is 1170. The van der Waals surface area contributed by atoms with Crippen LogP contribution in [0.15, 0.2) is 60.7 Å². The smallest absolute Gasteiger partial charge is 0.250 e. The van der Waals surface area contributed by atoms with Crippen molar-refractivity contribution in [3.63, 3.8) is 0 Å². The van der Waals surface area contributed by atoms with E-state index < -0.39 is 0 Å². The van der Waals surface area contributed by atoms with E-state index in [0.717, 1.165) is 46.7 Å². The fourth-order valence-corrected chi connectivity index (χ4v) is 3.87. The molecule has 0 bridgehead atoms. The topological polar surface area (TPSA) is 56.2 Å². The minimum Gasteiger partial charge on any atom is -0.375 e. The molecule has 0 saturated carbocycles. The normalized spacial score (nSPS) is 14.6. The van der Waals surface area contributed by atoms with Crippen molar-refractivity contribution in [2.45, 2.75) is 0 Å². The first-order chi connectivity index (χ1) is 13.4. The monoisotopic (exact) mass is 355 g/mol. The number of nitriles is 1. The van der Waals surface area contributed by atoms with Gasteiger partial charge in [0.2, 0.25) is 5.82 Å². The van der Waals surface area contributed by atoms with Crippen molar-refractivity contribution >= 4 is 22.5 Å². The third-order valence-electron chi connectivity index (χ3n) is 5.16. The second kappa shape index (κ2) is 6.42. The highest BCUT2D eigenvalue weighted by Crippen LogP contribution is 2.30. The zero-order valence-electron chi connectivity index (χ0n) is 14.9. The SMILES string of the molecule is N#Cc1c(-c2ccccc2)cc(N2CCOCC2)[n+]2c1[nH]c1ccccc12. The van der Waals surface area contributed by atoms with Gasteiger partial charge in [0.25, 0.3) is 5.65 Å². The number of pyridine rings is 1. The van der Waals surface area contributed by atoms with E-state index in [1.807, 2.05) is 30.3 Å². The molecule has 3 heterocycles. The molecule has 132 valence electrons. The fraction of sp³-hybridized carbons (Fsp3) is 0.182. The maximum atomic E-state index is 9.99. The second-order valence-electron chi connectivity index (χ2n) is 6.69. The number of H-pyrrole nitrogens is 1. The van der Waals surface area contributed by atoms with Crippen molar-refractivity contribution in [3.8, 4) is 17.2 Å². The van der Waals surface area contributed by atoms with Crippen LogP contribution in [-0.4, -0.2) is 31.3 Å². The molecule has 1 saturated heterocycles. The lowest BCUT2D eigenvalue weighted by molar-refractivity contribution is -0.467. The van der Waals surface area contributed by atoms with Crippen LogP contribution in [0.1, 0.15) is 5.56 Å². The van der Waals surface area contributed by atoms with Gasteiger partial charge in [-0.1, -0.05) is 42.5 Å². The summed E-state index contributed by atoms with van der Waals surface area (Å²) in [5, 5.41) is 9.99. The van der Waals surface area contributed by atoms with Crippen LogP contribution in [0.5, 0.6) is 0 Å². The van der Waals surface area contributed by atoms with Gasteiger partial charge in [-0.3, -0.25) is 9.88 Å². The van der Waals surface area contributed by atoms with Crippen molar-refractivity contribution in [3.05, 3.63) is 66.2 Å². The first-order valence-electron chi connectivity index (χ1n) is 9.14. The van der Waals surface area contributed by atoms with E-state index in [9.17, 15) is 5.26 Å². The lowest BCUT2D eigenvalue weighted by atomic mass is 10.0. The van der Waals surface area contributed by atoms with Crippen molar-refractivity contribution in [2.75, 3.05) is 31.2 Å². The van der Waals surface area contributed by atoms with Crippen LogP contribution in [0.25, 0.3) is 27.8 Å². The van der Waals surface area contributed by atoms with Gasteiger partial charge in [0.05, 0.1) is 26.3 Å². The lowest BCUT2D eigenvalue weighted by Crippen LogP contribution is -2.42. The lowest BCUT2D eigenvalue weighted by Gasteiger charge is -2.25. The summed E-state index contributed by atoms with van der Waals surface area (Å²) in [4.78, 5) is 5.81. The van der Waals surface area contributed by atoms with Gasteiger partial charge < -0.3 is 4.74 Å². The quantitative estimate of drug-likeness (QED) is 0.562. The number of hydrogen-bond acceptors (Lipinski definition) is 3. The first kappa shape index (κ1) is 15.9. The fourth-order valence-electron chi connectivity index (χ4n) is 3.87. The minimum absolute atomic E-state index is 0.661. The third-order valence-corrected chi connectivity index (χ3v) is 5.16. The summed E-state index contributed by atoms with van der Waals surface area (Å²) in [5.41, 5.74) is 5.59. The van der Waals surface area contributed by atoms with Crippen LogP contribution in [0.3, 0.4) is 0 Å². The van der Waals surface area contributed by atoms with Gasteiger partial charge >= 0.3 is 0 Å². The Morgan fingerprint density at radius 1 is 1.00 bits per heavy atom. The van der Waals surface area contributed by atoms with Crippen molar-refractivity contribution < 1.29 is 9.14 Å². The molecule has 1 fully saturated rings. The molecule has 1 aliphatic heterocycles. The van der Waals surface area contributed by atoms with Crippen LogP contribution < -0.4 is 9.30 Å². The van der Waals surface area contributed by atoms with Gasteiger partial charge in [-0.2, -0.15) is 9.66 Å². The molecule has 1 aliphatic rings. The second-order valence-corrected chi connectivity index (χ2v) is 6.69. The molecule has 0 amide bonds. The number of benzene rings is 2. The number of aromatic nitrogens is 2. The average molecular weight is 355 g/mol. The molecule has 0 aliphatic carbocycles. The van der Waals surface area contributed by atoms with Crippen LogP contribution in [0.4, 0.5) is 5.82 Å². The number of nitrogens with zero attached hydrogens (tertiary/aromatic N) is 3. The van der Waals surface area contributed by atoms with Gasteiger partial charge in [-0.15, -0.1) is 0 Å². The highest BCUT2D eigenvalue weighted by atomic mass is 16.5. The Labute approximate surface area is 157 Å². The number of anilines is 1. The Kier molecular flexibility index (Phi) is 3.77. The van der Waals surface area contributed by atoms with Gasteiger partial charge in [-0.05, 0) is 17.7 Å². The number of nitrogens with one attached hydrogen (secondary N) is 1. The maximum absolute atomic E-state index is 9.99. The molecule has 5 nitrogen and oxygen atoms in total. The standard InChI is InChI=1S/C22H18N4O/c23-15-18-17(16-6-2-1-3-7-16)14-21(25-10-12-27-13-11-25)26-20-9-5-4-8-19(20)24-22(18)26/h1-9,14H,10-13H2/p+1. The van der Waals surface area contributed by atoms with Crippen molar-refractivity contribution in [1.29, 1.82) is 5.26 Å². The molecule has 0 spiro atoms. The number of ether oxygens (including phenoxy) is 1. The Hall–Kier alpha value is -3.36. The number of para-hydroxylation sites is 2. The molecule has 27 heavy (non-hydrogen) atoms. The first-order valence-corrected chi connectivity index (χ1v) is 9.14. The molecule has 0 atom stereocenters.